The summed E-state index contributed by atoms with van der Waals surface area (Å²) in [7, 11) is 0. The fraction of sp³-hybridized carbons (Fsp3) is 0.538. The first-order valence-corrected chi connectivity index (χ1v) is 5.67. The Hall–Kier alpha value is -1.38. The Morgan fingerprint density at radius 2 is 2.44 bits per heavy atom. The highest BCUT2D eigenvalue weighted by molar-refractivity contribution is 5.88. The van der Waals surface area contributed by atoms with Crippen LogP contribution in [0.25, 0.3) is 0 Å². The van der Waals surface area contributed by atoms with Gasteiger partial charge in [0.25, 0.3) is 0 Å². The quantitative estimate of drug-likeness (QED) is 0.733. The lowest BCUT2D eigenvalue weighted by molar-refractivity contribution is -0.126. The largest absolute Gasteiger partial charge is 0.472 e. The molecule has 86 valence electrons. The monoisotopic (exact) mass is 220 g/mol. The maximum atomic E-state index is 12.0. The number of carbonyl (C=O) groups excluding carboxylic acids is 2. The zero-order valence-corrected chi connectivity index (χ0v) is 9.44. The molecule has 0 saturated heterocycles. The average Bonchev–Trinajstić information content (AvgIpc) is 2.87. The average molecular weight is 220 g/mol. The van der Waals surface area contributed by atoms with Crippen molar-refractivity contribution in [2.75, 3.05) is 0 Å². The number of rotatable bonds is 4. The fourth-order valence-electron chi connectivity index (χ4n) is 2.75. The van der Waals surface area contributed by atoms with Crippen molar-refractivity contribution in [3.63, 3.8) is 0 Å². The highest BCUT2D eigenvalue weighted by Gasteiger charge is 2.46. The van der Waals surface area contributed by atoms with Crippen molar-refractivity contribution in [3.8, 4) is 0 Å². The van der Waals surface area contributed by atoms with E-state index in [0.717, 1.165) is 18.3 Å². The van der Waals surface area contributed by atoms with Crippen LogP contribution in [-0.4, -0.2) is 12.1 Å². The van der Waals surface area contributed by atoms with E-state index in [4.69, 9.17) is 4.42 Å². The maximum absolute atomic E-state index is 12.0. The Balaban J connectivity index is 2.24. The molecule has 0 aliphatic heterocycles. The molecule has 1 aromatic heterocycles. The van der Waals surface area contributed by atoms with E-state index in [1.807, 2.05) is 13.0 Å². The lowest BCUT2D eigenvalue weighted by Gasteiger charge is -2.28. The molecule has 3 nitrogen and oxygen atoms in total. The van der Waals surface area contributed by atoms with Crippen LogP contribution < -0.4 is 0 Å². The number of carbonyl (C=O) groups is 2. The number of ketones is 1. The minimum Gasteiger partial charge on any atom is -0.472 e. The van der Waals surface area contributed by atoms with Gasteiger partial charge in [0.15, 0.2) is 0 Å². The van der Waals surface area contributed by atoms with Crippen LogP contribution >= 0.6 is 0 Å². The molecule has 0 aromatic carbocycles. The number of hydrogen-bond donors (Lipinski definition) is 0. The molecule has 0 N–H and O–H groups in total. The topological polar surface area (TPSA) is 47.3 Å². The van der Waals surface area contributed by atoms with Crippen molar-refractivity contribution in [1.29, 1.82) is 0 Å². The van der Waals surface area contributed by atoms with Gasteiger partial charge in [0, 0.05) is 18.3 Å². The zero-order valence-electron chi connectivity index (χ0n) is 9.44. The van der Waals surface area contributed by atoms with Crippen LogP contribution in [0.1, 0.15) is 44.1 Å². The first-order chi connectivity index (χ1) is 7.68. The summed E-state index contributed by atoms with van der Waals surface area (Å²) in [5, 5.41) is 0. The second-order valence-electron chi connectivity index (χ2n) is 4.69. The minimum atomic E-state index is -0.384. The molecule has 0 bridgehead atoms. The Kier molecular flexibility index (Phi) is 2.95. The van der Waals surface area contributed by atoms with Gasteiger partial charge in [-0.25, -0.2) is 0 Å². The lowest BCUT2D eigenvalue weighted by Crippen LogP contribution is -2.27. The van der Waals surface area contributed by atoms with Gasteiger partial charge in [0.2, 0.25) is 0 Å². The van der Waals surface area contributed by atoms with Crippen molar-refractivity contribution in [2.24, 2.45) is 5.41 Å². The normalized spacial score (nSPS) is 29.6. The predicted octanol–water partition coefficient (Wildman–Crippen LogP) is 2.71. The van der Waals surface area contributed by atoms with Gasteiger partial charge in [-0.05, 0) is 30.4 Å². The zero-order chi connectivity index (χ0) is 11.6. The van der Waals surface area contributed by atoms with Crippen molar-refractivity contribution in [2.45, 2.75) is 38.5 Å². The molecule has 1 aliphatic carbocycles. The van der Waals surface area contributed by atoms with Crippen LogP contribution in [0.15, 0.2) is 23.0 Å². The fourth-order valence-corrected chi connectivity index (χ4v) is 2.75. The summed E-state index contributed by atoms with van der Waals surface area (Å²) < 4.78 is 5.08. The van der Waals surface area contributed by atoms with Crippen LogP contribution in [-0.2, 0) is 9.59 Å². The summed E-state index contributed by atoms with van der Waals surface area (Å²) in [5.74, 6) is 0.485. The molecular formula is C13H16O3. The molecule has 0 radical (unpaired) electrons. The number of hydrogen-bond acceptors (Lipinski definition) is 3. The smallest absolute Gasteiger partial charge is 0.139 e. The van der Waals surface area contributed by atoms with Gasteiger partial charge >= 0.3 is 0 Å². The van der Waals surface area contributed by atoms with Crippen molar-refractivity contribution < 1.29 is 14.0 Å². The van der Waals surface area contributed by atoms with Gasteiger partial charge in [0.1, 0.15) is 12.1 Å². The number of Topliss-reactive ketones (excluding diaryl/α,β-unsaturated/α-hetero) is 1. The van der Waals surface area contributed by atoms with Crippen molar-refractivity contribution in [1.82, 2.24) is 0 Å². The standard InChI is InChI=1S/C13H16O3/c1-13(6-2-7-14)11(3-4-12(13)15)10-5-8-16-9-10/h5,7-9,11H,2-4,6H2,1H3/t11-,13-/m1/s1. The van der Waals surface area contributed by atoms with E-state index in [9.17, 15) is 9.59 Å². The van der Waals surface area contributed by atoms with Gasteiger partial charge in [-0.15, -0.1) is 0 Å². The molecule has 0 spiro atoms. The maximum Gasteiger partial charge on any atom is 0.139 e. The third-order valence-corrected chi connectivity index (χ3v) is 3.79. The minimum absolute atomic E-state index is 0.207. The van der Waals surface area contributed by atoms with Crippen LogP contribution in [0.4, 0.5) is 0 Å². The molecule has 0 amide bonds. The van der Waals surface area contributed by atoms with Gasteiger partial charge in [-0.1, -0.05) is 6.92 Å². The van der Waals surface area contributed by atoms with Gasteiger partial charge in [-0.2, -0.15) is 0 Å². The Bertz CT molecular complexity index is 380. The van der Waals surface area contributed by atoms with Crippen LogP contribution in [0, 0.1) is 5.41 Å². The van der Waals surface area contributed by atoms with Gasteiger partial charge in [-0.3, -0.25) is 4.79 Å². The summed E-state index contributed by atoms with van der Waals surface area (Å²) in [6.07, 6.45) is 6.82. The van der Waals surface area contributed by atoms with E-state index in [1.54, 1.807) is 12.5 Å². The predicted molar refractivity (Wildman–Crippen MR) is 59.1 cm³/mol. The van der Waals surface area contributed by atoms with E-state index in [-0.39, 0.29) is 17.1 Å². The summed E-state index contributed by atoms with van der Waals surface area (Å²) >= 11 is 0. The van der Waals surface area contributed by atoms with E-state index in [0.29, 0.717) is 19.3 Å². The van der Waals surface area contributed by atoms with Crippen LogP contribution in [0.5, 0.6) is 0 Å². The number of furan rings is 1. The molecular weight excluding hydrogens is 204 g/mol. The number of aldehydes is 1. The second kappa shape index (κ2) is 4.24. The van der Waals surface area contributed by atoms with Gasteiger partial charge < -0.3 is 9.21 Å². The lowest BCUT2D eigenvalue weighted by atomic mass is 9.73. The Labute approximate surface area is 94.8 Å². The van der Waals surface area contributed by atoms with Crippen LogP contribution in [0.2, 0.25) is 0 Å². The van der Waals surface area contributed by atoms with E-state index < -0.39 is 0 Å². The van der Waals surface area contributed by atoms with Crippen molar-refractivity contribution >= 4 is 12.1 Å². The molecule has 1 saturated carbocycles. The summed E-state index contributed by atoms with van der Waals surface area (Å²) in [6.45, 7) is 1.98. The Morgan fingerprint density at radius 3 is 3.06 bits per heavy atom. The highest BCUT2D eigenvalue weighted by atomic mass is 16.3. The van der Waals surface area contributed by atoms with E-state index in [2.05, 4.69) is 0 Å². The Morgan fingerprint density at radius 1 is 1.62 bits per heavy atom. The molecule has 2 rings (SSSR count). The summed E-state index contributed by atoms with van der Waals surface area (Å²) in [4.78, 5) is 22.4. The third-order valence-electron chi connectivity index (χ3n) is 3.79. The van der Waals surface area contributed by atoms with E-state index >= 15 is 0 Å². The third kappa shape index (κ3) is 1.70. The molecule has 1 aromatic rings. The molecule has 16 heavy (non-hydrogen) atoms. The first kappa shape index (κ1) is 11.1. The summed E-state index contributed by atoms with van der Waals surface area (Å²) in [5.41, 5.74) is 0.698. The molecule has 3 heteroatoms. The van der Waals surface area contributed by atoms with Crippen LogP contribution in [0.3, 0.4) is 0 Å². The molecule has 1 aliphatic rings. The molecule has 2 atom stereocenters. The van der Waals surface area contributed by atoms with E-state index in [1.165, 1.54) is 0 Å². The second-order valence-corrected chi connectivity index (χ2v) is 4.69. The highest BCUT2D eigenvalue weighted by Crippen LogP contribution is 2.49. The molecule has 1 heterocycles. The summed E-state index contributed by atoms with van der Waals surface area (Å²) in [6, 6.07) is 1.92. The SMILES string of the molecule is C[C@]1(CCC=O)C(=O)CC[C@@H]1c1ccoc1. The van der Waals surface area contributed by atoms with Gasteiger partial charge in [0.05, 0.1) is 12.5 Å². The molecule has 1 fully saturated rings. The molecule has 0 unspecified atom stereocenters. The first-order valence-electron chi connectivity index (χ1n) is 5.67. The van der Waals surface area contributed by atoms with Crippen molar-refractivity contribution in [3.05, 3.63) is 24.2 Å².